The first-order valence-corrected chi connectivity index (χ1v) is 10.5. The van der Waals surface area contributed by atoms with E-state index in [9.17, 15) is 9.65 Å². The van der Waals surface area contributed by atoms with Crippen LogP contribution in [0.15, 0.2) is 41.4 Å². The summed E-state index contributed by atoms with van der Waals surface area (Å²) in [6.07, 6.45) is 1.80. The highest BCUT2D eigenvalue weighted by molar-refractivity contribution is 6.31. The Morgan fingerprint density at radius 1 is 1.26 bits per heavy atom. The zero-order valence-electron chi connectivity index (χ0n) is 18.3. The van der Waals surface area contributed by atoms with Gasteiger partial charge in [-0.25, -0.2) is 14.4 Å². The van der Waals surface area contributed by atoms with Gasteiger partial charge in [-0.05, 0) is 18.2 Å². The number of aromatic nitrogens is 1. The summed E-state index contributed by atoms with van der Waals surface area (Å²) in [4.78, 5) is 8.81. The molecule has 2 heterocycles. The van der Waals surface area contributed by atoms with Crippen LogP contribution in [-0.2, 0) is 6.61 Å². The second-order valence-corrected chi connectivity index (χ2v) is 7.71. The minimum absolute atomic E-state index is 0.00372. The molecule has 1 atom stereocenters. The number of aliphatic imine (C=N–C) groups is 1. The van der Waals surface area contributed by atoms with E-state index in [0.29, 0.717) is 28.2 Å². The molecule has 12 heteroatoms. The van der Waals surface area contributed by atoms with Gasteiger partial charge in [0, 0.05) is 16.7 Å². The third kappa shape index (κ3) is 4.40. The van der Waals surface area contributed by atoms with E-state index in [4.69, 9.17) is 37.8 Å². The predicted octanol–water partition coefficient (Wildman–Crippen LogP) is 3.44. The van der Waals surface area contributed by atoms with Crippen molar-refractivity contribution in [3.05, 3.63) is 69.5 Å². The van der Waals surface area contributed by atoms with Crippen LogP contribution >= 0.6 is 11.6 Å². The molecule has 4 rings (SSSR count). The van der Waals surface area contributed by atoms with E-state index in [1.165, 1.54) is 25.3 Å². The number of halogens is 2. The van der Waals surface area contributed by atoms with Gasteiger partial charge in [0.2, 0.25) is 5.96 Å². The average molecular weight is 493 g/mol. The van der Waals surface area contributed by atoms with Gasteiger partial charge < -0.3 is 26.3 Å². The average Bonchev–Trinajstić information content (AvgIpc) is 2.83. The maximum Gasteiger partial charge on any atom is 0.211 e. The van der Waals surface area contributed by atoms with Gasteiger partial charge in [0.05, 0.1) is 17.8 Å². The lowest BCUT2D eigenvalue weighted by molar-refractivity contribution is 0.280. The molecule has 1 unspecified atom stereocenters. The van der Waals surface area contributed by atoms with Crippen molar-refractivity contribution >= 4 is 34.9 Å². The fourth-order valence-corrected chi connectivity index (χ4v) is 3.88. The Kier molecular flexibility index (Phi) is 6.44. The number of benzene rings is 2. The van der Waals surface area contributed by atoms with Gasteiger partial charge in [-0.2, -0.15) is 10.5 Å². The highest BCUT2D eigenvalue weighted by Gasteiger charge is 2.32. The molecule has 0 saturated heterocycles. The Morgan fingerprint density at radius 3 is 2.74 bits per heavy atom. The number of rotatable bonds is 5. The van der Waals surface area contributed by atoms with E-state index in [2.05, 4.69) is 20.6 Å². The summed E-state index contributed by atoms with van der Waals surface area (Å²) in [5.41, 5.74) is 13.7. The molecule has 0 amide bonds. The van der Waals surface area contributed by atoms with Crippen LogP contribution in [0.5, 0.6) is 11.5 Å². The number of ether oxygens (including phenoxy) is 2. The monoisotopic (exact) mass is 492 g/mol. The molecule has 1 aromatic heterocycles. The third-order valence-corrected chi connectivity index (χ3v) is 5.62. The fourth-order valence-electron chi connectivity index (χ4n) is 3.66. The molecular formula is C23H18ClFN8O2. The van der Waals surface area contributed by atoms with E-state index >= 15 is 0 Å². The minimum atomic E-state index is -0.851. The number of nitrogens with two attached hydrogens (primary N) is 2. The number of guanidine groups is 1. The zero-order valence-corrected chi connectivity index (χ0v) is 19.0. The Hall–Kier alpha value is -4.74. The summed E-state index contributed by atoms with van der Waals surface area (Å²) < 4.78 is 25.1. The second kappa shape index (κ2) is 9.63. The number of hydrogen-bond acceptors (Lipinski definition) is 10. The topological polar surface area (TPSA) is 167 Å². The van der Waals surface area contributed by atoms with E-state index in [1.807, 2.05) is 6.07 Å². The van der Waals surface area contributed by atoms with E-state index in [1.54, 1.807) is 24.4 Å². The van der Waals surface area contributed by atoms with Gasteiger partial charge in [0.15, 0.2) is 17.7 Å². The lowest BCUT2D eigenvalue weighted by Gasteiger charge is -2.27. The molecule has 0 saturated carbocycles. The van der Waals surface area contributed by atoms with Gasteiger partial charge in [-0.3, -0.25) is 5.32 Å². The number of hydrogen-bond donors (Lipinski definition) is 4. The first kappa shape index (κ1) is 23.4. The molecule has 35 heavy (non-hydrogen) atoms. The summed E-state index contributed by atoms with van der Waals surface area (Å²) in [5.74, 6) is 0.478. The maximum absolute atomic E-state index is 13.5. The van der Waals surface area contributed by atoms with Gasteiger partial charge >= 0.3 is 0 Å². The Balaban J connectivity index is 1.86. The van der Waals surface area contributed by atoms with Crippen LogP contribution in [0.4, 0.5) is 21.7 Å². The van der Waals surface area contributed by atoms with Crippen molar-refractivity contribution in [2.45, 2.75) is 12.6 Å². The summed E-state index contributed by atoms with van der Waals surface area (Å²) in [5, 5.41) is 24.2. The van der Waals surface area contributed by atoms with E-state index in [-0.39, 0.29) is 40.5 Å². The smallest absolute Gasteiger partial charge is 0.211 e. The van der Waals surface area contributed by atoms with Crippen molar-refractivity contribution in [2.24, 2.45) is 4.99 Å². The quantitative estimate of drug-likeness (QED) is 0.308. The summed E-state index contributed by atoms with van der Waals surface area (Å²) >= 11 is 6.16. The number of nitrogens with zero attached hydrogens (tertiary/aromatic N) is 4. The molecule has 2 aromatic carbocycles. The van der Waals surface area contributed by atoms with Crippen LogP contribution in [0.1, 0.15) is 28.3 Å². The van der Waals surface area contributed by atoms with Gasteiger partial charge in [-0.15, -0.1) is 0 Å². The highest BCUT2D eigenvalue weighted by Crippen LogP contribution is 2.45. The van der Waals surface area contributed by atoms with Crippen LogP contribution in [-0.4, -0.2) is 18.1 Å². The number of nitriles is 2. The number of anilines is 3. The molecule has 0 radical (unpaired) electrons. The van der Waals surface area contributed by atoms with Crippen molar-refractivity contribution in [1.29, 1.82) is 10.5 Å². The number of para-hydroxylation sites is 1. The summed E-state index contributed by atoms with van der Waals surface area (Å²) in [6, 6.07) is 10.3. The zero-order chi connectivity index (χ0) is 25.1. The Labute approximate surface area is 204 Å². The number of pyridine rings is 1. The summed E-state index contributed by atoms with van der Waals surface area (Å²) in [6.45, 7) is -0.00372. The van der Waals surface area contributed by atoms with Crippen molar-refractivity contribution in [3.63, 3.8) is 0 Å². The SMILES string of the molecule is COc1cccc(C2N=C(NC#N)Nc3nc(N)c(C#N)c(N)c32)c1OCc1ccc(F)cc1Cl. The summed E-state index contributed by atoms with van der Waals surface area (Å²) in [7, 11) is 1.48. The molecule has 0 spiro atoms. The molecule has 0 fully saturated rings. The standard InChI is InChI=1S/C23H18ClFN8O2/c1-34-16-4-2-3-13(20(16)35-9-11-5-6-12(25)7-15(11)24)19-17-18(28)14(8-26)21(29)32-22(17)33-23(31-19)30-10-27/h2-7,19H,9H2,1H3,(H6,28,29,30,31,32,33). The molecular weight excluding hydrogens is 475 g/mol. The Bertz CT molecular complexity index is 1430. The lowest BCUT2D eigenvalue weighted by atomic mass is 9.94. The first-order chi connectivity index (χ1) is 16.9. The first-order valence-electron chi connectivity index (χ1n) is 10.1. The molecule has 3 aromatic rings. The van der Waals surface area contributed by atoms with Gasteiger partial charge in [0.1, 0.15) is 41.7 Å². The van der Waals surface area contributed by atoms with Crippen LogP contribution in [0.25, 0.3) is 0 Å². The number of methoxy groups -OCH3 is 1. The molecule has 1 aliphatic rings. The third-order valence-electron chi connectivity index (χ3n) is 5.27. The number of fused-ring (bicyclic) bond motifs is 1. The number of nitrogens with one attached hydrogen (secondary N) is 2. The molecule has 6 N–H and O–H groups in total. The highest BCUT2D eigenvalue weighted by atomic mass is 35.5. The molecule has 1 aliphatic heterocycles. The van der Waals surface area contributed by atoms with Crippen LogP contribution in [0.2, 0.25) is 5.02 Å². The van der Waals surface area contributed by atoms with Crippen LogP contribution in [0.3, 0.4) is 0 Å². The van der Waals surface area contributed by atoms with Crippen molar-refractivity contribution in [1.82, 2.24) is 10.3 Å². The molecule has 10 nitrogen and oxygen atoms in total. The van der Waals surface area contributed by atoms with Gasteiger partial charge in [0.25, 0.3) is 0 Å². The Morgan fingerprint density at radius 2 is 2.06 bits per heavy atom. The largest absolute Gasteiger partial charge is 0.493 e. The molecule has 176 valence electrons. The lowest BCUT2D eigenvalue weighted by Crippen LogP contribution is -2.33. The maximum atomic E-state index is 13.5. The van der Waals surface area contributed by atoms with E-state index < -0.39 is 11.9 Å². The number of nitrogen functional groups attached to an aromatic ring is 2. The van der Waals surface area contributed by atoms with Crippen LogP contribution in [0, 0.1) is 28.6 Å². The fraction of sp³-hybridized carbons (Fsp3) is 0.130. The van der Waals surface area contributed by atoms with Crippen molar-refractivity contribution in [3.8, 4) is 23.8 Å². The van der Waals surface area contributed by atoms with E-state index in [0.717, 1.165) is 0 Å². The normalized spacial score (nSPS) is 14.0. The predicted molar refractivity (Wildman–Crippen MR) is 128 cm³/mol. The van der Waals surface area contributed by atoms with Crippen LogP contribution < -0.4 is 31.6 Å². The van der Waals surface area contributed by atoms with Crippen molar-refractivity contribution in [2.75, 3.05) is 23.9 Å². The molecule has 0 aliphatic carbocycles. The molecule has 0 bridgehead atoms. The minimum Gasteiger partial charge on any atom is -0.493 e. The van der Waals surface area contributed by atoms with Gasteiger partial charge in [-0.1, -0.05) is 29.8 Å². The van der Waals surface area contributed by atoms with Crippen molar-refractivity contribution < 1.29 is 13.9 Å². The second-order valence-electron chi connectivity index (χ2n) is 7.30.